The molecule has 112 valence electrons. The Bertz CT molecular complexity index is 564. The van der Waals surface area contributed by atoms with Gasteiger partial charge in [-0.3, -0.25) is 0 Å². The zero-order chi connectivity index (χ0) is 14.8. The topological polar surface area (TPSA) is 66.6 Å². The van der Waals surface area contributed by atoms with Crippen LogP contribution in [0.1, 0.15) is 18.1 Å². The third kappa shape index (κ3) is 2.88. The summed E-state index contributed by atoms with van der Waals surface area (Å²) in [5, 5.41) is 0. The van der Waals surface area contributed by atoms with Gasteiger partial charge in [-0.15, -0.1) is 0 Å². The van der Waals surface area contributed by atoms with Gasteiger partial charge in [0.05, 0.1) is 4.90 Å². The number of piperazine rings is 1. The predicted octanol–water partition coefficient (Wildman–Crippen LogP) is 0.780. The van der Waals surface area contributed by atoms with Gasteiger partial charge in [0.1, 0.15) is 0 Å². The van der Waals surface area contributed by atoms with E-state index in [2.05, 4.69) is 11.8 Å². The van der Waals surface area contributed by atoms with Crippen LogP contribution in [0.3, 0.4) is 0 Å². The van der Waals surface area contributed by atoms with Gasteiger partial charge in [0.2, 0.25) is 10.0 Å². The molecule has 1 aromatic rings. The van der Waals surface area contributed by atoms with Crippen molar-refractivity contribution in [3.63, 3.8) is 0 Å². The molecule has 0 amide bonds. The van der Waals surface area contributed by atoms with E-state index in [0.717, 1.165) is 30.8 Å². The summed E-state index contributed by atoms with van der Waals surface area (Å²) in [5.41, 5.74) is 7.32. The van der Waals surface area contributed by atoms with E-state index < -0.39 is 10.0 Å². The van der Waals surface area contributed by atoms with Gasteiger partial charge in [0, 0.05) is 32.7 Å². The Kier molecular flexibility index (Phi) is 4.80. The Morgan fingerprint density at radius 2 is 1.85 bits per heavy atom. The fourth-order valence-electron chi connectivity index (χ4n) is 2.59. The molecule has 0 aromatic heterocycles. The van der Waals surface area contributed by atoms with Gasteiger partial charge >= 0.3 is 0 Å². The summed E-state index contributed by atoms with van der Waals surface area (Å²) < 4.78 is 27.1. The zero-order valence-corrected chi connectivity index (χ0v) is 13.0. The highest BCUT2D eigenvalue weighted by Crippen LogP contribution is 2.23. The summed E-state index contributed by atoms with van der Waals surface area (Å²) in [6, 6.07) is 5.32. The molecule has 1 aromatic carbocycles. The van der Waals surface area contributed by atoms with Crippen molar-refractivity contribution in [3.05, 3.63) is 29.3 Å². The van der Waals surface area contributed by atoms with E-state index >= 15 is 0 Å². The van der Waals surface area contributed by atoms with Crippen molar-refractivity contribution in [1.82, 2.24) is 9.21 Å². The fourth-order valence-corrected chi connectivity index (χ4v) is 4.28. The summed E-state index contributed by atoms with van der Waals surface area (Å²) in [7, 11) is -3.41. The van der Waals surface area contributed by atoms with Crippen LogP contribution in [-0.2, 0) is 16.6 Å². The molecule has 1 heterocycles. The van der Waals surface area contributed by atoms with E-state index in [1.165, 1.54) is 0 Å². The second kappa shape index (κ2) is 6.22. The van der Waals surface area contributed by atoms with Crippen molar-refractivity contribution in [3.8, 4) is 0 Å². The van der Waals surface area contributed by atoms with Crippen molar-refractivity contribution < 1.29 is 8.42 Å². The third-order valence-corrected chi connectivity index (χ3v) is 6.06. The lowest BCUT2D eigenvalue weighted by Crippen LogP contribution is -2.48. The first-order chi connectivity index (χ1) is 9.50. The van der Waals surface area contributed by atoms with E-state index in [-0.39, 0.29) is 0 Å². The molecule has 0 bridgehead atoms. The standard InChI is InChI=1S/C14H23N3O2S/c1-3-16-7-9-17(10-8-16)20(18,19)14-6-4-5-13(11-15)12(14)2/h4-6H,3,7-11,15H2,1-2H3. The molecule has 0 atom stereocenters. The number of hydrogen-bond donors (Lipinski definition) is 1. The number of benzene rings is 1. The minimum atomic E-state index is -3.41. The third-order valence-electron chi connectivity index (χ3n) is 4.01. The quantitative estimate of drug-likeness (QED) is 0.892. The highest BCUT2D eigenvalue weighted by Gasteiger charge is 2.29. The van der Waals surface area contributed by atoms with Crippen LogP contribution >= 0.6 is 0 Å². The average Bonchev–Trinajstić information content (AvgIpc) is 2.47. The summed E-state index contributed by atoms with van der Waals surface area (Å²) in [5.74, 6) is 0. The summed E-state index contributed by atoms with van der Waals surface area (Å²) in [4.78, 5) is 2.65. The molecule has 1 aliphatic heterocycles. The van der Waals surface area contributed by atoms with E-state index in [1.807, 2.05) is 13.0 Å². The maximum Gasteiger partial charge on any atom is 0.243 e. The molecule has 1 fully saturated rings. The lowest BCUT2D eigenvalue weighted by molar-refractivity contribution is 0.196. The number of hydrogen-bond acceptors (Lipinski definition) is 4. The number of sulfonamides is 1. The van der Waals surface area contributed by atoms with E-state index in [9.17, 15) is 8.42 Å². The van der Waals surface area contributed by atoms with Crippen LogP contribution in [-0.4, -0.2) is 50.3 Å². The van der Waals surface area contributed by atoms with E-state index in [0.29, 0.717) is 24.5 Å². The predicted molar refractivity (Wildman–Crippen MR) is 79.9 cm³/mol. The minimum absolute atomic E-state index is 0.360. The van der Waals surface area contributed by atoms with Crippen LogP contribution in [0.4, 0.5) is 0 Å². The first kappa shape index (κ1) is 15.4. The minimum Gasteiger partial charge on any atom is -0.326 e. The van der Waals surface area contributed by atoms with Gasteiger partial charge in [-0.05, 0) is 30.7 Å². The lowest BCUT2D eigenvalue weighted by Gasteiger charge is -2.33. The monoisotopic (exact) mass is 297 g/mol. The molecule has 1 saturated heterocycles. The second-order valence-corrected chi connectivity index (χ2v) is 6.99. The maximum atomic E-state index is 12.7. The van der Waals surface area contributed by atoms with Crippen LogP contribution in [0, 0.1) is 6.92 Å². The van der Waals surface area contributed by atoms with Gasteiger partial charge in [-0.2, -0.15) is 4.31 Å². The van der Waals surface area contributed by atoms with Crippen LogP contribution in [0.15, 0.2) is 23.1 Å². The van der Waals surface area contributed by atoms with Gasteiger partial charge in [0.15, 0.2) is 0 Å². The Labute approximate surface area is 121 Å². The normalized spacial score (nSPS) is 18.4. The highest BCUT2D eigenvalue weighted by molar-refractivity contribution is 7.89. The fraction of sp³-hybridized carbons (Fsp3) is 0.571. The molecule has 5 nitrogen and oxygen atoms in total. The SMILES string of the molecule is CCN1CCN(S(=O)(=O)c2cccc(CN)c2C)CC1. The Balaban J connectivity index is 2.27. The van der Waals surface area contributed by atoms with Gasteiger partial charge in [-0.1, -0.05) is 19.1 Å². The van der Waals surface area contributed by atoms with Gasteiger partial charge < -0.3 is 10.6 Å². The van der Waals surface area contributed by atoms with E-state index in [4.69, 9.17) is 5.73 Å². The zero-order valence-electron chi connectivity index (χ0n) is 12.2. The Hall–Kier alpha value is -0.950. The van der Waals surface area contributed by atoms with Crippen LogP contribution in [0.25, 0.3) is 0 Å². The Morgan fingerprint density at radius 3 is 2.40 bits per heavy atom. The largest absolute Gasteiger partial charge is 0.326 e. The van der Waals surface area contributed by atoms with Crippen molar-refractivity contribution in [2.24, 2.45) is 5.73 Å². The molecule has 1 aliphatic rings. The first-order valence-electron chi connectivity index (χ1n) is 7.01. The van der Waals surface area contributed by atoms with Crippen molar-refractivity contribution in [1.29, 1.82) is 0 Å². The van der Waals surface area contributed by atoms with Crippen molar-refractivity contribution in [2.75, 3.05) is 32.7 Å². The molecule has 6 heteroatoms. The molecular weight excluding hydrogens is 274 g/mol. The van der Waals surface area contributed by atoms with Gasteiger partial charge in [0.25, 0.3) is 0 Å². The van der Waals surface area contributed by atoms with Crippen LogP contribution in [0.2, 0.25) is 0 Å². The number of nitrogens with two attached hydrogens (primary N) is 1. The molecule has 2 rings (SSSR count). The summed E-state index contributed by atoms with van der Waals surface area (Å²) in [6.45, 7) is 7.96. The maximum absolute atomic E-state index is 12.7. The van der Waals surface area contributed by atoms with Crippen molar-refractivity contribution in [2.45, 2.75) is 25.3 Å². The summed E-state index contributed by atoms with van der Waals surface area (Å²) >= 11 is 0. The van der Waals surface area contributed by atoms with Crippen molar-refractivity contribution >= 4 is 10.0 Å². The molecular formula is C14H23N3O2S. The number of nitrogens with zero attached hydrogens (tertiary/aromatic N) is 2. The number of likely N-dealkylation sites (N-methyl/N-ethyl adjacent to an activating group) is 1. The average molecular weight is 297 g/mol. The van der Waals surface area contributed by atoms with E-state index in [1.54, 1.807) is 16.4 Å². The molecule has 0 aliphatic carbocycles. The molecule has 20 heavy (non-hydrogen) atoms. The second-order valence-electron chi connectivity index (χ2n) is 5.08. The Morgan fingerprint density at radius 1 is 1.20 bits per heavy atom. The molecule has 0 spiro atoms. The molecule has 2 N–H and O–H groups in total. The number of rotatable bonds is 4. The highest BCUT2D eigenvalue weighted by atomic mass is 32.2. The molecule has 0 unspecified atom stereocenters. The van der Waals surface area contributed by atoms with Gasteiger partial charge in [-0.25, -0.2) is 8.42 Å². The lowest BCUT2D eigenvalue weighted by atomic mass is 10.1. The molecule has 0 radical (unpaired) electrons. The van der Waals surface area contributed by atoms with Crippen LogP contribution in [0.5, 0.6) is 0 Å². The molecule has 0 saturated carbocycles. The summed E-state index contributed by atoms with van der Waals surface area (Å²) in [6.07, 6.45) is 0. The van der Waals surface area contributed by atoms with Crippen LogP contribution < -0.4 is 5.73 Å². The smallest absolute Gasteiger partial charge is 0.243 e. The first-order valence-corrected chi connectivity index (χ1v) is 8.45.